The van der Waals surface area contributed by atoms with Gasteiger partial charge in [0, 0.05) is 0 Å². The van der Waals surface area contributed by atoms with Gasteiger partial charge in [-0.3, -0.25) is 0 Å². The van der Waals surface area contributed by atoms with E-state index in [1.54, 1.807) is 20.8 Å². The van der Waals surface area contributed by atoms with Gasteiger partial charge in [0.15, 0.2) is 5.75 Å². The number of esters is 1. The number of alkyl halides is 3. The number of ether oxygens (including phenoxy) is 3. The summed E-state index contributed by atoms with van der Waals surface area (Å²) < 4.78 is 55.0. The van der Waals surface area contributed by atoms with Crippen LogP contribution in [0.2, 0.25) is 0 Å². The zero-order chi connectivity index (χ0) is 20.5. The van der Waals surface area contributed by atoms with E-state index in [1.807, 2.05) is 0 Å². The van der Waals surface area contributed by atoms with Gasteiger partial charge < -0.3 is 14.2 Å². The van der Waals surface area contributed by atoms with Crippen molar-refractivity contribution in [3.8, 4) is 5.75 Å². The molecule has 0 aromatic heterocycles. The third-order valence-electron chi connectivity index (χ3n) is 2.85. The van der Waals surface area contributed by atoms with Gasteiger partial charge in [0.2, 0.25) is 0 Å². The standard InChI is InChI=1S/C18H23F3O5/c1-10-8-9-11(18(19,20)21)13(24-15(23)26-17(5,6)7)12(10)14(22)25-16(2,3)4/h8-9H,1-7H3. The second-order valence-electron chi connectivity index (χ2n) is 7.70. The van der Waals surface area contributed by atoms with Crippen LogP contribution in [0.4, 0.5) is 18.0 Å². The average Bonchev–Trinajstić information content (AvgIpc) is 2.31. The zero-order valence-electron chi connectivity index (χ0n) is 15.8. The van der Waals surface area contributed by atoms with Crippen LogP contribution < -0.4 is 4.74 Å². The van der Waals surface area contributed by atoms with Gasteiger partial charge in [0.25, 0.3) is 0 Å². The van der Waals surface area contributed by atoms with E-state index in [-0.39, 0.29) is 5.56 Å². The van der Waals surface area contributed by atoms with Gasteiger partial charge in [-0.15, -0.1) is 0 Å². The predicted molar refractivity (Wildman–Crippen MR) is 88.2 cm³/mol. The van der Waals surface area contributed by atoms with Crippen molar-refractivity contribution in [3.05, 3.63) is 28.8 Å². The first-order chi connectivity index (χ1) is 11.5. The molecule has 0 saturated carbocycles. The molecule has 0 fully saturated rings. The summed E-state index contributed by atoms with van der Waals surface area (Å²) in [6, 6.07) is 1.85. The Labute approximate surface area is 150 Å². The topological polar surface area (TPSA) is 61.8 Å². The first kappa shape index (κ1) is 21.8. The third kappa shape index (κ3) is 6.24. The quantitative estimate of drug-likeness (QED) is 0.519. The zero-order valence-corrected chi connectivity index (χ0v) is 15.8. The molecular weight excluding hydrogens is 353 g/mol. The normalized spacial score (nSPS) is 12.5. The number of carbonyl (C=O) groups is 2. The van der Waals surface area contributed by atoms with E-state index in [0.29, 0.717) is 0 Å². The molecule has 0 radical (unpaired) electrons. The molecule has 0 aliphatic heterocycles. The van der Waals surface area contributed by atoms with Gasteiger partial charge in [-0.25, -0.2) is 9.59 Å². The highest BCUT2D eigenvalue weighted by Gasteiger charge is 2.39. The fraction of sp³-hybridized carbons (Fsp3) is 0.556. The van der Waals surface area contributed by atoms with E-state index < -0.39 is 46.4 Å². The SMILES string of the molecule is Cc1ccc(C(F)(F)F)c(OC(=O)OC(C)(C)C)c1C(=O)OC(C)(C)C. The lowest BCUT2D eigenvalue weighted by atomic mass is 10.0. The van der Waals surface area contributed by atoms with Gasteiger partial charge in [0.05, 0.1) is 5.56 Å². The summed E-state index contributed by atoms with van der Waals surface area (Å²) in [5, 5.41) is 0. The summed E-state index contributed by atoms with van der Waals surface area (Å²) >= 11 is 0. The molecule has 1 aromatic carbocycles. The maximum atomic E-state index is 13.4. The number of benzene rings is 1. The minimum Gasteiger partial charge on any atom is -0.456 e. The molecule has 146 valence electrons. The fourth-order valence-corrected chi connectivity index (χ4v) is 1.95. The Morgan fingerprint density at radius 1 is 0.885 bits per heavy atom. The molecule has 0 aliphatic rings. The van der Waals surface area contributed by atoms with Crippen LogP contribution in [0.25, 0.3) is 0 Å². The van der Waals surface area contributed by atoms with Crippen LogP contribution >= 0.6 is 0 Å². The lowest BCUT2D eigenvalue weighted by Crippen LogP contribution is -2.29. The van der Waals surface area contributed by atoms with Crippen LogP contribution in [0.1, 0.15) is 63.0 Å². The van der Waals surface area contributed by atoms with Gasteiger partial charge in [-0.05, 0) is 60.1 Å². The molecule has 0 spiro atoms. The molecular formula is C18H23F3O5. The molecule has 0 heterocycles. The second kappa shape index (κ2) is 7.17. The Hall–Kier alpha value is -2.25. The Bertz CT molecular complexity index is 694. The molecule has 1 aromatic rings. The first-order valence-electron chi connectivity index (χ1n) is 7.86. The van der Waals surface area contributed by atoms with Gasteiger partial charge in [0.1, 0.15) is 16.8 Å². The second-order valence-corrected chi connectivity index (χ2v) is 7.70. The van der Waals surface area contributed by atoms with E-state index in [2.05, 4.69) is 0 Å². The van der Waals surface area contributed by atoms with Crippen LogP contribution in [0.3, 0.4) is 0 Å². The number of rotatable bonds is 2. The summed E-state index contributed by atoms with van der Waals surface area (Å²) in [6.45, 7) is 10.7. The maximum absolute atomic E-state index is 13.4. The van der Waals surface area contributed by atoms with Gasteiger partial charge in [-0.1, -0.05) is 6.07 Å². The summed E-state index contributed by atoms with van der Waals surface area (Å²) in [5.74, 6) is -1.96. The molecule has 0 unspecified atom stereocenters. The molecule has 1 rings (SSSR count). The monoisotopic (exact) mass is 376 g/mol. The third-order valence-corrected chi connectivity index (χ3v) is 2.85. The van der Waals surface area contributed by atoms with Crippen molar-refractivity contribution < 1.29 is 37.0 Å². The van der Waals surface area contributed by atoms with Crippen molar-refractivity contribution in [2.75, 3.05) is 0 Å². The lowest BCUT2D eigenvalue weighted by molar-refractivity contribution is -0.138. The van der Waals surface area contributed by atoms with Crippen molar-refractivity contribution >= 4 is 12.1 Å². The Kier molecular flexibility index (Phi) is 6.01. The molecule has 5 nitrogen and oxygen atoms in total. The summed E-state index contributed by atoms with van der Waals surface area (Å²) in [6.07, 6.45) is -6.19. The number of carbonyl (C=O) groups excluding carboxylic acids is 2. The van der Waals surface area contributed by atoms with Crippen molar-refractivity contribution in [1.82, 2.24) is 0 Å². The van der Waals surface area contributed by atoms with Crippen LogP contribution in [0, 0.1) is 6.92 Å². The van der Waals surface area contributed by atoms with Gasteiger partial charge >= 0.3 is 18.3 Å². The van der Waals surface area contributed by atoms with Crippen molar-refractivity contribution in [1.29, 1.82) is 0 Å². The summed E-state index contributed by atoms with van der Waals surface area (Å²) in [7, 11) is 0. The van der Waals surface area contributed by atoms with Crippen molar-refractivity contribution in [2.24, 2.45) is 0 Å². The lowest BCUT2D eigenvalue weighted by Gasteiger charge is -2.24. The molecule has 0 bridgehead atoms. The number of halogens is 3. The predicted octanol–water partition coefficient (Wildman–Crippen LogP) is 5.28. The van der Waals surface area contributed by atoms with E-state index >= 15 is 0 Å². The molecule has 26 heavy (non-hydrogen) atoms. The molecule has 0 amide bonds. The summed E-state index contributed by atoms with van der Waals surface area (Å²) in [4.78, 5) is 24.3. The minimum absolute atomic E-state index is 0.172. The summed E-state index contributed by atoms with van der Waals surface area (Å²) in [5.41, 5.74) is -3.49. The molecule has 8 heteroatoms. The number of hydrogen-bond acceptors (Lipinski definition) is 5. The highest BCUT2D eigenvalue weighted by atomic mass is 19.4. The Morgan fingerprint density at radius 2 is 1.38 bits per heavy atom. The Morgan fingerprint density at radius 3 is 1.81 bits per heavy atom. The fourth-order valence-electron chi connectivity index (χ4n) is 1.95. The van der Waals surface area contributed by atoms with Crippen molar-refractivity contribution in [3.63, 3.8) is 0 Å². The highest BCUT2D eigenvalue weighted by Crippen LogP contribution is 2.40. The molecule has 0 aliphatic carbocycles. The maximum Gasteiger partial charge on any atom is 0.514 e. The van der Waals surface area contributed by atoms with E-state index in [9.17, 15) is 22.8 Å². The number of aryl methyl sites for hydroxylation is 1. The van der Waals surface area contributed by atoms with Crippen LogP contribution in [0.15, 0.2) is 12.1 Å². The molecule has 0 saturated heterocycles. The minimum atomic E-state index is -4.85. The van der Waals surface area contributed by atoms with Crippen LogP contribution in [-0.2, 0) is 15.7 Å². The van der Waals surface area contributed by atoms with E-state index in [4.69, 9.17) is 14.2 Å². The molecule has 0 N–H and O–H groups in total. The van der Waals surface area contributed by atoms with Gasteiger partial charge in [-0.2, -0.15) is 13.2 Å². The van der Waals surface area contributed by atoms with E-state index in [1.165, 1.54) is 27.7 Å². The number of hydrogen-bond donors (Lipinski definition) is 0. The van der Waals surface area contributed by atoms with Crippen molar-refractivity contribution in [2.45, 2.75) is 65.8 Å². The van der Waals surface area contributed by atoms with Crippen LogP contribution in [0.5, 0.6) is 5.75 Å². The molecule has 0 atom stereocenters. The highest BCUT2D eigenvalue weighted by molar-refractivity contribution is 5.95. The van der Waals surface area contributed by atoms with Crippen LogP contribution in [-0.4, -0.2) is 23.3 Å². The largest absolute Gasteiger partial charge is 0.514 e. The first-order valence-corrected chi connectivity index (χ1v) is 7.86. The van der Waals surface area contributed by atoms with E-state index in [0.717, 1.165) is 12.1 Å². The Balaban J connectivity index is 3.48. The smallest absolute Gasteiger partial charge is 0.456 e. The average molecular weight is 376 g/mol.